The van der Waals surface area contributed by atoms with E-state index in [9.17, 15) is 8.78 Å². The minimum Gasteiger partial charge on any atom is -0.361 e. The van der Waals surface area contributed by atoms with E-state index in [1.54, 1.807) is 24.3 Å². The summed E-state index contributed by atoms with van der Waals surface area (Å²) in [6.07, 6.45) is 1.32. The number of fused-ring (bicyclic) bond motifs is 1. The number of hydrogen-bond donors (Lipinski definition) is 2. The fourth-order valence-electron chi connectivity index (χ4n) is 1.48. The molecule has 3 N–H and O–H groups in total. The second kappa shape index (κ2) is 3.06. The molecule has 1 aromatic carbocycles. The largest absolute Gasteiger partial charge is 0.361 e. The van der Waals surface area contributed by atoms with Gasteiger partial charge in [-0.1, -0.05) is 18.2 Å². The number of hydrogen-bond acceptors (Lipinski definition) is 1. The second-order valence-electron chi connectivity index (χ2n) is 3.16. The van der Waals surface area contributed by atoms with Crippen LogP contribution in [0.25, 0.3) is 10.9 Å². The maximum absolute atomic E-state index is 13.3. The molecule has 2 rings (SSSR count). The monoisotopic (exact) mass is 196 g/mol. The van der Waals surface area contributed by atoms with Crippen molar-refractivity contribution in [1.29, 1.82) is 0 Å². The van der Waals surface area contributed by atoms with E-state index in [2.05, 4.69) is 4.98 Å². The first kappa shape index (κ1) is 9.15. The fraction of sp³-hybridized carbons (Fsp3) is 0.200. The minimum atomic E-state index is -2.96. The highest BCUT2D eigenvalue weighted by Crippen LogP contribution is 2.32. The molecule has 1 heterocycles. The molecule has 0 aliphatic rings. The Labute approximate surface area is 79.7 Å². The molecule has 2 nitrogen and oxygen atoms in total. The Balaban J connectivity index is 2.64. The Morgan fingerprint density at radius 1 is 1.29 bits per heavy atom. The van der Waals surface area contributed by atoms with Gasteiger partial charge in [-0.15, -0.1) is 0 Å². The minimum absolute atomic E-state index is 0.0319. The molecule has 4 heteroatoms. The highest BCUT2D eigenvalue weighted by atomic mass is 19.3. The molecule has 0 atom stereocenters. The fourth-order valence-corrected chi connectivity index (χ4v) is 1.48. The molecule has 0 bridgehead atoms. The van der Waals surface area contributed by atoms with Crippen LogP contribution >= 0.6 is 0 Å². The highest BCUT2D eigenvalue weighted by Gasteiger charge is 2.32. The summed E-state index contributed by atoms with van der Waals surface area (Å²) in [5.74, 6) is -2.96. The number of halogens is 2. The van der Waals surface area contributed by atoms with Gasteiger partial charge in [0.25, 0.3) is 5.92 Å². The normalized spacial score (nSPS) is 12.2. The molecule has 0 spiro atoms. The second-order valence-corrected chi connectivity index (χ2v) is 3.16. The summed E-state index contributed by atoms with van der Waals surface area (Å²) >= 11 is 0. The number of nitrogens with one attached hydrogen (secondary N) is 1. The maximum atomic E-state index is 13.3. The van der Waals surface area contributed by atoms with Crippen molar-refractivity contribution < 1.29 is 8.78 Å². The smallest absolute Gasteiger partial charge is 0.287 e. The first-order valence-electron chi connectivity index (χ1n) is 4.29. The van der Waals surface area contributed by atoms with Crippen molar-refractivity contribution in [3.05, 3.63) is 36.0 Å². The average Bonchev–Trinajstić information content (AvgIpc) is 2.61. The van der Waals surface area contributed by atoms with E-state index in [1.165, 1.54) is 6.20 Å². The van der Waals surface area contributed by atoms with E-state index in [4.69, 9.17) is 5.73 Å². The highest BCUT2D eigenvalue weighted by molar-refractivity contribution is 5.83. The predicted octanol–water partition coefficient (Wildman–Crippen LogP) is 2.22. The molecule has 0 saturated heterocycles. The van der Waals surface area contributed by atoms with Crippen molar-refractivity contribution >= 4 is 10.9 Å². The Kier molecular flexibility index (Phi) is 2.00. The van der Waals surface area contributed by atoms with Crippen molar-refractivity contribution in [3.8, 4) is 0 Å². The predicted molar refractivity (Wildman–Crippen MR) is 51.2 cm³/mol. The first-order valence-corrected chi connectivity index (χ1v) is 4.29. The van der Waals surface area contributed by atoms with Gasteiger partial charge in [0, 0.05) is 22.7 Å². The average molecular weight is 196 g/mol. The van der Waals surface area contributed by atoms with E-state index < -0.39 is 12.5 Å². The number of rotatable bonds is 2. The van der Waals surface area contributed by atoms with Crippen molar-refractivity contribution in [1.82, 2.24) is 4.98 Å². The van der Waals surface area contributed by atoms with Crippen LogP contribution in [-0.2, 0) is 5.92 Å². The molecule has 0 unspecified atom stereocenters. The molecular formula is C10H10F2N2. The lowest BCUT2D eigenvalue weighted by Crippen LogP contribution is -2.24. The van der Waals surface area contributed by atoms with E-state index in [0.29, 0.717) is 10.9 Å². The summed E-state index contributed by atoms with van der Waals surface area (Å²) in [5, 5.41) is 0.531. The van der Waals surface area contributed by atoms with Crippen LogP contribution in [0, 0.1) is 0 Å². The van der Waals surface area contributed by atoms with Gasteiger partial charge in [0.2, 0.25) is 0 Å². The Bertz CT molecular complexity index is 448. The molecule has 0 fully saturated rings. The van der Waals surface area contributed by atoms with E-state index in [1.807, 2.05) is 0 Å². The molecule has 0 saturated carbocycles. The Morgan fingerprint density at radius 3 is 2.71 bits per heavy atom. The molecule has 14 heavy (non-hydrogen) atoms. The van der Waals surface area contributed by atoms with Crippen molar-refractivity contribution in [3.63, 3.8) is 0 Å². The van der Waals surface area contributed by atoms with Gasteiger partial charge in [-0.25, -0.2) is 0 Å². The number of benzene rings is 1. The third kappa shape index (κ3) is 1.28. The van der Waals surface area contributed by atoms with Crippen LogP contribution in [0.2, 0.25) is 0 Å². The lowest BCUT2D eigenvalue weighted by Gasteiger charge is -2.12. The Hall–Kier alpha value is -1.42. The van der Waals surface area contributed by atoms with Gasteiger partial charge < -0.3 is 10.7 Å². The van der Waals surface area contributed by atoms with Gasteiger partial charge >= 0.3 is 0 Å². The van der Waals surface area contributed by atoms with Gasteiger partial charge in [-0.3, -0.25) is 0 Å². The summed E-state index contributed by atoms with van der Waals surface area (Å²) < 4.78 is 26.6. The van der Waals surface area contributed by atoms with E-state index in [0.717, 1.165) is 0 Å². The summed E-state index contributed by atoms with van der Waals surface area (Å²) in [6, 6.07) is 6.94. The topological polar surface area (TPSA) is 41.8 Å². The van der Waals surface area contributed by atoms with Gasteiger partial charge in [0.15, 0.2) is 0 Å². The van der Waals surface area contributed by atoms with Crippen LogP contribution in [-0.4, -0.2) is 11.5 Å². The zero-order chi connectivity index (χ0) is 10.2. The molecule has 0 radical (unpaired) electrons. The zero-order valence-electron chi connectivity index (χ0n) is 7.43. The van der Waals surface area contributed by atoms with Crippen LogP contribution in [0.4, 0.5) is 8.78 Å². The summed E-state index contributed by atoms with van der Waals surface area (Å²) in [4.78, 5) is 2.79. The van der Waals surface area contributed by atoms with Crippen LogP contribution in [0.1, 0.15) is 5.56 Å². The summed E-state index contributed by atoms with van der Waals surface area (Å²) in [7, 11) is 0. The van der Waals surface area contributed by atoms with Gasteiger partial charge in [0.1, 0.15) is 0 Å². The Morgan fingerprint density at radius 2 is 2.00 bits per heavy atom. The summed E-state index contributed by atoms with van der Waals surface area (Å²) in [6.45, 7) is -0.672. The van der Waals surface area contributed by atoms with Crippen LogP contribution in [0.3, 0.4) is 0 Å². The van der Waals surface area contributed by atoms with Crippen LogP contribution in [0.15, 0.2) is 30.5 Å². The number of aromatic amines is 1. The lowest BCUT2D eigenvalue weighted by molar-refractivity contribution is 0.00754. The van der Waals surface area contributed by atoms with Gasteiger partial charge in [-0.05, 0) is 6.07 Å². The molecule has 2 aromatic rings. The van der Waals surface area contributed by atoms with Crippen molar-refractivity contribution in [2.45, 2.75) is 5.92 Å². The molecular weight excluding hydrogens is 186 g/mol. The van der Waals surface area contributed by atoms with Crippen molar-refractivity contribution in [2.24, 2.45) is 5.73 Å². The standard InChI is InChI=1S/C10H10F2N2/c11-10(12,6-13)8-5-14-9-4-2-1-3-7(8)9/h1-5,14H,6,13H2. The SMILES string of the molecule is NCC(F)(F)c1c[nH]c2ccccc12. The van der Waals surface area contributed by atoms with E-state index in [-0.39, 0.29) is 5.56 Å². The molecule has 0 amide bonds. The van der Waals surface area contributed by atoms with E-state index >= 15 is 0 Å². The van der Waals surface area contributed by atoms with Crippen molar-refractivity contribution in [2.75, 3.05) is 6.54 Å². The molecule has 1 aromatic heterocycles. The first-order chi connectivity index (χ1) is 6.65. The molecule has 0 aliphatic carbocycles. The third-order valence-electron chi connectivity index (χ3n) is 2.24. The number of nitrogens with two attached hydrogens (primary N) is 1. The number of H-pyrrole nitrogens is 1. The number of para-hydroxylation sites is 1. The summed E-state index contributed by atoms with van der Waals surface area (Å²) in [5.41, 5.74) is 5.70. The van der Waals surface area contributed by atoms with Crippen LogP contribution < -0.4 is 5.73 Å². The molecule has 74 valence electrons. The molecule has 0 aliphatic heterocycles. The quantitative estimate of drug-likeness (QED) is 0.759. The number of aromatic nitrogens is 1. The maximum Gasteiger partial charge on any atom is 0.287 e. The van der Waals surface area contributed by atoms with Gasteiger partial charge in [-0.2, -0.15) is 8.78 Å². The van der Waals surface area contributed by atoms with Gasteiger partial charge in [0.05, 0.1) is 6.54 Å². The zero-order valence-corrected chi connectivity index (χ0v) is 7.43. The lowest BCUT2D eigenvalue weighted by atomic mass is 10.1. The third-order valence-corrected chi connectivity index (χ3v) is 2.24. The van der Waals surface area contributed by atoms with Crippen LogP contribution in [0.5, 0.6) is 0 Å². The number of alkyl halides is 2.